The fourth-order valence-corrected chi connectivity index (χ4v) is 4.62. The zero-order valence-corrected chi connectivity index (χ0v) is 17.8. The van der Waals surface area contributed by atoms with Crippen LogP contribution >= 0.6 is 0 Å². The molecule has 0 saturated heterocycles. The standard InChI is InChI=1S/C26H29NO3/c1-3-18-16-22(30-17-21-13-12-19-8-6-7-11-24(19)27-21)14-15-23(18)25(26(28)29-2)20-9-4-5-10-20/h6-8,11-16,20,25H,3-5,9-10,17H2,1-2H3. The summed E-state index contributed by atoms with van der Waals surface area (Å²) in [7, 11) is 1.49. The topological polar surface area (TPSA) is 48.4 Å². The first-order valence-corrected chi connectivity index (χ1v) is 10.9. The van der Waals surface area contributed by atoms with Crippen molar-refractivity contribution in [1.29, 1.82) is 0 Å². The quantitative estimate of drug-likeness (QED) is 0.466. The van der Waals surface area contributed by atoms with Crippen LogP contribution in [0.15, 0.2) is 54.6 Å². The molecule has 156 valence electrons. The van der Waals surface area contributed by atoms with Crippen LogP contribution in [0.1, 0.15) is 55.3 Å². The maximum absolute atomic E-state index is 12.6. The van der Waals surface area contributed by atoms with Crippen LogP contribution in [0.3, 0.4) is 0 Å². The summed E-state index contributed by atoms with van der Waals surface area (Å²) in [6.07, 6.45) is 5.42. The van der Waals surface area contributed by atoms with Crippen molar-refractivity contribution in [2.45, 2.75) is 51.6 Å². The van der Waals surface area contributed by atoms with E-state index in [1.54, 1.807) is 0 Å². The second-order valence-electron chi connectivity index (χ2n) is 8.04. The zero-order chi connectivity index (χ0) is 20.9. The lowest BCUT2D eigenvalue weighted by atomic mass is 9.82. The summed E-state index contributed by atoms with van der Waals surface area (Å²) in [6, 6.07) is 18.3. The van der Waals surface area contributed by atoms with Crippen LogP contribution in [0, 0.1) is 5.92 Å². The van der Waals surface area contributed by atoms with Gasteiger partial charge < -0.3 is 9.47 Å². The number of nitrogens with zero attached hydrogens (tertiary/aromatic N) is 1. The van der Waals surface area contributed by atoms with Crippen LogP contribution in [0.5, 0.6) is 5.75 Å². The molecule has 3 aromatic rings. The van der Waals surface area contributed by atoms with Gasteiger partial charge in [0.25, 0.3) is 0 Å². The van der Waals surface area contributed by atoms with Gasteiger partial charge in [0.1, 0.15) is 12.4 Å². The molecule has 2 aromatic carbocycles. The Balaban J connectivity index is 1.54. The van der Waals surface area contributed by atoms with E-state index in [4.69, 9.17) is 9.47 Å². The van der Waals surface area contributed by atoms with E-state index in [2.05, 4.69) is 36.2 Å². The summed E-state index contributed by atoms with van der Waals surface area (Å²) >= 11 is 0. The third-order valence-electron chi connectivity index (χ3n) is 6.20. The number of esters is 1. The number of carbonyl (C=O) groups excluding carboxylic acids is 1. The lowest BCUT2D eigenvalue weighted by molar-refractivity contribution is -0.143. The Morgan fingerprint density at radius 2 is 1.90 bits per heavy atom. The Labute approximate surface area is 178 Å². The van der Waals surface area contributed by atoms with E-state index in [-0.39, 0.29) is 11.9 Å². The van der Waals surface area contributed by atoms with Gasteiger partial charge in [0.2, 0.25) is 0 Å². The Kier molecular flexibility index (Phi) is 6.32. The van der Waals surface area contributed by atoms with Crippen molar-refractivity contribution in [2.24, 2.45) is 5.92 Å². The minimum Gasteiger partial charge on any atom is -0.487 e. The van der Waals surface area contributed by atoms with Gasteiger partial charge in [-0.1, -0.05) is 50.1 Å². The second-order valence-corrected chi connectivity index (χ2v) is 8.04. The van der Waals surface area contributed by atoms with Crippen molar-refractivity contribution in [3.63, 3.8) is 0 Å². The molecule has 0 amide bonds. The van der Waals surface area contributed by atoms with E-state index in [0.29, 0.717) is 12.5 Å². The average molecular weight is 404 g/mol. The normalized spacial score (nSPS) is 15.3. The van der Waals surface area contributed by atoms with Crippen LogP contribution in [-0.4, -0.2) is 18.1 Å². The molecule has 0 N–H and O–H groups in total. The minimum atomic E-state index is -0.177. The Morgan fingerprint density at radius 3 is 2.67 bits per heavy atom. The Morgan fingerprint density at radius 1 is 1.10 bits per heavy atom. The molecule has 0 radical (unpaired) electrons. The SMILES string of the molecule is CCc1cc(OCc2ccc3ccccc3n2)ccc1C(C(=O)OC)C1CCCC1. The smallest absolute Gasteiger partial charge is 0.313 e. The minimum absolute atomic E-state index is 0.120. The molecule has 1 saturated carbocycles. The van der Waals surface area contributed by atoms with Gasteiger partial charge >= 0.3 is 5.97 Å². The molecule has 1 atom stereocenters. The van der Waals surface area contributed by atoms with Crippen molar-refractivity contribution in [3.05, 3.63) is 71.4 Å². The Bertz CT molecular complexity index is 1020. The molecular formula is C26H29NO3. The number of aryl methyl sites for hydroxylation is 1. The van der Waals surface area contributed by atoms with E-state index < -0.39 is 0 Å². The number of aromatic nitrogens is 1. The molecule has 0 aliphatic heterocycles. The first-order chi connectivity index (χ1) is 14.7. The number of para-hydroxylation sites is 1. The van der Waals surface area contributed by atoms with Gasteiger partial charge in [-0.15, -0.1) is 0 Å². The molecule has 1 aliphatic rings. The summed E-state index contributed by atoms with van der Waals surface area (Å²) in [6.45, 7) is 2.53. The number of carbonyl (C=O) groups is 1. The number of methoxy groups -OCH3 is 1. The largest absolute Gasteiger partial charge is 0.487 e. The third-order valence-corrected chi connectivity index (χ3v) is 6.20. The van der Waals surface area contributed by atoms with Gasteiger partial charge in [-0.25, -0.2) is 4.98 Å². The predicted molar refractivity (Wildman–Crippen MR) is 119 cm³/mol. The van der Waals surface area contributed by atoms with Crippen molar-refractivity contribution in [3.8, 4) is 5.75 Å². The summed E-state index contributed by atoms with van der Waals surface area (Å²) < 4.78 is 11.2. The second kappa shape index (κ2) is 9.29. The van der Waals surface area contributed by atoms with Crippen LogP contribution in [0.25, 0.3) is 10.9 Å². The molecule has 4 rings (SSSR count). The number of hydrogen-bond acceptors (Lipinski definition) is 4. The highest BCUT2D eigenvalue weighted by molar-refractivity contribution is 5.79. The summed E-state index contributed by atoms with van der Waals surface area (Å²) in [4.78, 5) is 17.3. The highest BCUT2D eigenvalue weighted by atomic mass is 16.5. The lowest BCUT2D eigenvalue weighted by Crippen LogP contribution is -2.22. The van der Waals surface area contributed by atoms with Crippen molar-refractivity contribution in [2.75, 3.05) is 7.11 Å². The molecule has 1 aliphatic carbocycles. The molecule has 1 aromatic heterocycles. The maximum atomic E-state index is 12.6. The molecule has 0 spiro atoms. The molecule has 4 nitrogen and oxygen atoms in total. The molecule has 0 bridgehead atoms. The predicted octanol–water partition coefficient (Wildman–Crippen LogP) is 5.82. The van der Waals surface area contributed by atoms with Gasteiger partial charge in [0.05, 0.1) is 24.2 Å². The van der Waals surface area contributed by atoms with Crippen LogP contribution in [-0.2, 0) is 22.6 Å². The lowest BCUT2D eigenvalue weighted by Gasteiger charge is -2.24. The molecule has 30 heavy (non-hydrogen) atoms. The highest BCUT2D eigenvalue weighted by Crippen LogP contribution is 2.40. The van der Waals surface area contributed by atoms with Gasteiger partial charge in [0.15, 0.2) is 0 Å². The molecule has 4 heteroatoms. The van der Waals surface area contributed by atoms with Gasteiger partial charge in [-0.2, -0.15) is 0 Å². The van der Waals surface area contributed by atoms with Gasteiger partial charge in [-0.05, 0) is 60.6 Å². The highest BCUT2D eigenvalue weighted by Gasteiger charge is 2.34. The summed E-state index contributed by atoms with van der Waals surface area (Å²) in [5.41, 5.74) is 4.11. The first kappa shape index (κ1) is 20.4. The van der Waals surface area contributed by atoms with Crippen LogP contribution in [0.2, 0.25) is 0 Å². The van der Waals surface area contributed by atoms with Gasteiger partial charge in [-0.3, -0.25) is 4.79 Å². The number of pyridine rings is 1. The molecule has 1 fully saturated rings. The zero-order valence-electron chi connectivity index (χ0n) is 17.8. The van der Waals surface area contributed by atoms with Crippen molar-refractivity contribution < 1.29 is 14.3 Å². The summed E-state index contributed by atoms with van der Waals surface area (Å²) in [5.74, 6) is 0.881. The van der Waals surface area contributed by atoms with Crippen molar-refractivity contribution in [1.82, 2.24) is 4.98 Å². The van der Waals surface area contributed by atoms with E-state index in [1.807, 2.05) is 30.3 Å². The number of hydrogen-bond donors (Lipinski definition) is 0. The monoisotopic (exact) mass is 403 g/mol. The average Bonchev–Trinajstić information content (AvgIpc) is 3.32. The van der Waals surface area contributed by atoms with Crippen molar-refractivity contribution >= 4 is 16.9 Å². The Hall–Kier alpha value is -2.88. The van der Waals surface area contributed by atoms with E-state index in [0.717, 1.165) is 52.7 Å². The number of ether oxygens (including phenoxy) is 2. The molecule has 1 heterocycles. The first-order valence-electron chi connectivity index (χ1n) is 10.9. The summed E-state index contributed by atoms with van der Waals surface area (Å²) in [5, 5.41) is 1.12. The van der Waals surface area contributed by atoms with E-state index in [1.165, 1.54) is 20.0 Å². The van der Waals surface area contributed by atoms with E-state index >= 15 is 0 Å². The number of fused-ring (bicyclic) bond motifs is 1. The molecular weight excluding hydrogens is 374 g/mol. The fourth-order valence-electron chi connectivity index (χ4n) is 4.62. The number of benzene rings is 2. The van der Waals surface area contributed by atoms with Crippen LogP contribution in [0.4, 0.5) is 0 Å². The molecule has 1 unspecified atom stereocenters. The fraction of sp³-hybridized carbons (Fsp3) is 0.385. The van der Waals surface area contributed by atoms with Crippen LogP contribution < -0.4 is 4.74 Å². The number of rotatable bonds is 7. The third kappa shape index (κ3) is 4.33. The van der Waals surface area contributed by atoms with E-state index in [9.17, 15) is 4.79 Å². The van der Waals surface area contributed by atoms with Gasteiger partial charge in [0, 0.05) is 5.39 Å². The maximum Gasteiger partial charge on any atom is 0.313 e.